The van der Waals surface area contributed by atoms with Crippen LogP contribution in [0.5, 0.6) is 0 Å². The summed E-state index contributed by atoms with van der Waals surface area (Å²) in [4.78, 5) is 11.6. The van der Waals surface area contributed by atoms with Gasteiger partial charge in [0.1, 0.15) is 10.6 Å². The molecule has 1 unspecified atom stereocenters. The molecule has 0 saturated carbocycles. The van der Waals surface area contributed by atoms with E-state index in [0.717, 1.165) is 35.4 Å². The zero-order chi connectivity index (χ0) is 11.8. The van der Waals surface area contributed by atoms with Crippen molar-refractivity contribution in [3.8, 4) is 0 Å². The van der Waals surface area contributed by atoms with Crippen molar-refractivity contribution in [2.24, 2.45) is 0 Å². The van der Waals surface area contributed by atoms with Crippen LogP contribution in [0.2, 0.25) is 5.28 Å². The minimum Gasteiger partial charge on any atom is -0.394 e. The minimum absolute atomic E-state index is 0.157. The third-order valence-corrected chi connectivity index (χ3v) is 4.11. The Morgan fingerprint density at radius 2 is 2.41 bits per heavy atom. The van der Waals surface area contributed by atoms with Crippen molar-refractivity contribution in [1.29, 1.82) is 0 Å². The van der Waals surface area contributed by atoms with E-state index in [1.54, 1.807) is 11.3 Å². The molecule has 0 aromatic carbocycles. The molecule has 4 nitrogen and oxygen atoms in total. The molecular formula is C11H12ClN3OS. The summed E-state index contributed by atoms with van der Waals surface area (Å²) in [5.74, 6) is 0.859. The lowest BCUT2D eigenvalue weighted by Gasteiger charge is -2.24. The predicted octanol–water partition coefficient (Wildman–Crippen LogP) is 2.31. The van der Waals surface area contributed by atoms with Crippen LogP contribution in [0, 0.1) is 0 Å². The molecule has 0 amide bonds. The Balaban J connectivity index is 2.12. The van der Waals surface area contributed by atoms with E-state index in [4.69, 9.17) is 11.6 Å². The van der Waals surface area contributed by atoms with Crippen molar-refractivity contribution >= 4 is 39.0 Å². The fraction of sp³-hybridized carbons (Fsp3) is 0.455. The van der Waals surface area contributed by atoms with Crippen molar-refractivity contribution in [3.63, 3.8) is 0 Å². The molecule has 1 atom stereocenters. The highest BCUT2D eigenvalue weighted by atomic mass is 35.5. The highest BCUT2D eigenvalue weighted by molar-refractivity contribution is 7.16. The minimum atomic E-state index is 0.157. The second kappa shape index (κ2) is 4.40. The van der Waals surface area contributed by atoms with E-state index < -0.39 is 0 Å². The Morgan fingerprint density at radius 3 is 3.24 bits per heavy atom. The van der Waals surface area contributed by atoms with E-state index in [9.17, 15) is 5.11 Å². The van der Waals surface area contributed by atoms with Crippen LogP contribution in [0.1, 0.15) is 12.8 Å². The number of aliphatic hydroxyl groups excluding tert-OH is 1. The topological polar surface area (TPSA) is 49.2 Å². The van der Waals surface area contributed by atoms with E-state index >= 15 is 0 Å². The number of rotatable bonds is 2. The van der Waals surface area contributed by atoms with E-state index in [1.807, 2.05) is 11.4 Å². The van der Waals surface area contributed by atoms with E-state index in [1.165, 1.54) is 0 Å². The number of hydrogen-bond acceptors (Lipinski definition) is 5. The van der Waals surface area contributed by atoms with Crippen LogP contribution in [0.4, 0.5) is 5.82 Å². The van der Waals surface area contributed by atoms with Gasteiger partial charge in [-0.15, -0.1) is 11.3 Å². The van der Waals surface area contributed by atoms with E-state index in [-0.39, 0.29) is 17.9 Å². The number of thiophene rings is 1. The number of aliphatic hydroxyl groups is 1. The van der Waals surface area contributed by atoms with Gasteiger partial charge in [-0.05, 0) is 35.9 Å². The Kier molecular flexibility index (Phi) is 2.90. The third kappa shape index (κ3) is 1.88. The molecule has 0 aliphatic carbocycles. The van der Waals surface area contributed by atoms with Crippen molar-refractivity contribution in [3.05, 3.63) is 16.7 Å². The molecule has 0 spiro atoms. The molecule has 1 fully saturated rings. The van der Waals surface area contributed by atoms with Crippen LogP contribution in [0.25, 0.3) is 10.2 Å². The summed E-state index contributed by atoms with van der Waals surface area (Å²) < 4.78 is 0. The summed E-state index contributed by atoms with van der Waals surface area (Å²) in [7, 11) is 0. The van der Waals surface area contributed by atoms with Crippen LogP contribution in [-0.4, -0.2) is 34.3 Å². The maximum atomic E-state index is 9.37. The lowest BCUT2D eigenvalue weighted by molar-refractivity contribution is 0.266. The first-order valence-corrected chi connectivity index (χ1v) is 6.83. The first-order valence-electron chi connectivity index (χ1n) is 5.58. The van der Waals surface area contributed by atoms with Crippen LogP contribution in [-0.2, 0) is 0 Å². The van der Waals surface area contributed by atoms with Crippen molar-refractivity contribution < 1.29 is 5.11 Å². The van der Waals surface area contributed by atoms with Crippen LogP contribution in [0.15, 0.2) is 11.4 Å². The Hall–Kier alpha value is -0.910. The zero-order valence-corrected chi connectivity index (χ0v) is 10.7. The fourth-order valence-electron chi connectivity index (χ4n) is 2.34. The largest absolute Gasteiger partial charge is 0.394 e. The summed E-state index contributed by atoms with van der Waals surface area (Å²) in [6, 6.07) is 2.17. The number of halogens is 1. The number of aromatic nitrogens is 2. The highest BCUT2D eigenvalue weighted by Gasteiger charge is 2.27. The summed E-state index contributed by atoms with van der Waals surface area (Å²) >= 11 is 7.50. The maximum absolute atomic E-state index is 9.37. The second-order valence-electron chi connectivity index (χ2n) is 4.13. The van der Waals surface area contributed by atoms with Crippen LogP contribution in [0.3, 0.4) is 0 Å². The number of hydrogen-bond donors (Lipinski definition) is 1. The molecule has 3 heterocycles. The second-order valence-corrected chi connectivity index (χ2v) is 5.36. The van der Waals surface area contributed by atoms with E-state index in [2.05, 4.69) is 14.9 Å². The first kappa shape index (κ1) is 11.2. The summed E-state index contributed by atoms with van der Waals surface area (Å²) in [6.45, 7) is 1.08. The molecule has 2 aromatic rings. The van der Waals surface area contributed by atoms with Gasteiger partial charge in [-0.1, -0.05) is 0 Å². The fourth-order valence-corrected chi connectivity index (χ4v) is 3.31. The number of anilines is 1. The van der Waals surface area contributed by atoms with Gasteiger partial charge in [-0.25, -0.2) is 4.98 Å². The third-order valence-electron chi connectivity index (χ3n) is 3.14. The number of fused-ring (bicyclic) bond motifs is 1. The molecule has 6 heteroatoms. The smallest absolute Gasteiger partial charge is 0.225 e. The molecule has 0 bridgehead atoms. The normalized spacial score (nSPS) is 20.4. The summed E-state index contributed by atoms with van der Waals surface area (Å²) in [5.41, 5.74) is 0. The Morgan fingerprint density at radius 1 is 1.53 bits per heavy atom. The predicted molar refractivity (Wildman–Crippen MR) is 69.9 cm³/mol. The monoisotopic (exact) mass is 269 g/mol. The average molecular weight is 270 g/mol. The van der Waals surface area contributed by atoms with Gasteiger partial charge in [0, 0.05) is 6.54 Å². The Labute approximate surface area is 108 Å². The zero-order valence-electron chi connectivity index (χ0n) is 9.14. The SMILES string of the molecule is OCC1CCCN1c1nc(Cl)nc2sccc12. The average Bonchev–Trinajstić information content (AvgIpc) is 2.95. The van der Waals surface area contributed by atoms with Gasteiger partial charge in [0.15, 0.2) is 0 Å². The molecule has 17 heavy (non-hydrogen) atoms. The van der Waals surface area contributed by atoms with Gasteiger partial charge in [-0.2, -0.15) is 4.98 Å². The lowest BCUT2D eigenvalue weighted by Crippen LogP contribution is -2.32. The first-order chi connectivity index (χ1) is 8.29. The van der Waals surface area contributed by atoms with Crippen LogP contribution >= 0.6 is 22.9 Å². The molecule has 0 radical (unpaired) electrons. The maximum Gasteiger partial charge on any atom is 0.225 e. The van der Waals surface area contributed by atoms with E-state index in [0.29, 0.717) is 0 Å². The van der Waals surface area contributed by atoms with Crippen molar-refractivity contribution in [2.45, 2.75) is 18.9 Å². The highest BCUT2D eigenvalue weighted by Crippen LogP contribution is 2.33. The van der Waals surface area contributed by atoms with Crippen molar-refractivity contribution in [1.82, 2.24) is 9.97 Å². The molecule has 1 aliphatic rings. The van der Waals surface area contributed by atoms with Gasteiger partial charge in [0.05, 0.1) is 18.0 Å². The molecule has 1 N–H and O–H groups in total. The molecule has 3 rings (SSSR count). The summed E-state index contributed by atoms with van der Waals surface area (Å²) in [5, 5.41) is 12.7. The molecule has 1 saturated heterocycles. The van der Waals surface area contributed by atoms with Gasteiger partial charge in [0.2, 0.25) is 5.28 Å². The Bertz CT molecular complexity index is 544. The molecule has 2 aromatic heterocycles. The molecular weight excluding hydrogens is 258 g/mol. The van der Waals surface area contributed by atoms with Gasteiger partial charge in [0.25, 0.3) is 0 Å². The van der Waals surface area contributed by atoms with Crippen LogP contribution < -0.4 is 4.90 Å². The van der Waals surface area contributed by atoms with Gasteiger partial charge >= 0.3 is 0 Å². The standard InChI is InChI=1S/C11H12ClN3OS/c12-11-13-9(8-3-5-17-10(8)14-11)15-4-1-2-7(15)6-16/h3,5,7,16H,1-2,4,6H2. The quantitative estimate of drug-likeness (QED) is 0.850. The van der Waals surface area contributed by atoms with Crippen molar-refractivity contribution in [2.75, 3.05) is 18.1 Å². The summed E-state index contributed by atoms with van der Waals surface area (Å²) in [6.07, 6.45) is 2.09. The lowest BCUT2D eigenvalue weighted by atomic mass is 10.2. The van der Waals surface area contributed by atoms with Gasteiger partial charge in [-0.3, -0.25) is 0 Å². The number of nitrogens with zero attached hydrogens (tertiary/aromatic N) is 3. The molecule has 1 aliphatic heterocycles. The molecule has 90 valence electrons. The van der Waals surface area contributed by atoms with Gasteiger partial charge < -0.3 is 10.0 Å².